The van der Waals surface area contributed by atoms with Gasteiger partial charge in [-0.2, -0.15) is 13.2 Å². The van der Waals surface area contributed by atoms with Crippen molar-refractivity contribution >= 4 is 22.7 Å². The van der Waals surface area contributed by atoms with E-state index in [4.69, 9.17) is 4.42 Å². The van der Waals surface area contributed by atoms with E-state index in [1.165, 1.54) is 12.1 Å². The molecule has 0 bridgehead atoms. The summed E-state index contributed by atoms with van der Waals surface area (Å²) in [7, 11) is 0. The fourth-order valence-electron chi connectivity index (χ4n) is 2.24. The molecule has 0 radical (unpaired) electrons. The second kappa shape index (κ2) is 5.88. The quantitative estimate of drug-likeness (QED) is 0.770. The van der Waals surface area contributed by atoms with E-state index in [-0.39, 0.29) is 18.0 Å². The monoisotopic (exact) mass is 336 g/mol. The molecule has 0 saturated carbocycles. The van der Waals surface area contributed by atoms with Gasteiger partial charge in [0.2, 0.25) is 5.91 Å². The molecular formula is C16H11F3N2O3. The van der Waals surface area contributed by atoms with Gasteiger partial charge >= 0.3 is 11.9 Å². The van der Waals surface area contributed by atoms with Crippen LogP contribution in [0.25, 0.3) is 11.1 Å². The Morgan fingerprint density at radius 3 is 2.50 bits per heavy atom. The Morgan fingerprint density at radius 2 is 1.83 bits per heavy atom. The third-order valence-electron chi connectivity index (χ3n) is 3.34. The number of anilines is 1. The Kier molecular flexibility index (Phi) is 3.88. The molecule has 5 nitrogen and oxygen atoms in total. The van der Waals surface area contributed by atoms with Gasteiger partial charge in [0, 0.05) is 5.69 Å². The number of hydrogen-bond acceptors (Lipinski definition) is 3. The summed E-state index contributed by atoms with van der Waals surface area (Å²) in [6.07, 6.45) is -4.41. The number of H-pyrrole nitrogens is 1. The molecule has 1 heterocycles. The normalized spacial score (nSPS) is 11.6. The van der Waals surface area contributed by atoms with E-state index in [0.717, 1.165) is 12.1 Å². The van der Waals surface area contributed by atoms with Gasteiger partial charge in [-0.05, 0) is 42.0 Å². The molecule has 3 rings (SSSR count). The molecule has 24 heavy (non-hydrogen) atoms. The number of aromatic amines is 1. The van der Waals surface area contributed by atoms with Crippen molar-refractivity contribution in [3.8, 4) is 0 Å². The van der Waals surface area contributed by atoms with Gasteiger partial charge in [-0.3, -0.25) is 9.78 Å². The Balaban J connectivity index is 1.69. The molecule has 0 aliphatic heterocycles. The predicted octanol–water partition coefficient (Wildman–Crippen LogP) is 3.32. The second-order valence-electron chi connectivity index (χ2n) is 5.15. The Morgan fingerprint density at radius 1 is 1.12 bits per heavy atom. The lowest BCUT2D eigenvalue weighted by molar-refractivity contribution is -0.137. The molecule has 0 aliphatic rings. The molecule has 0 atom stereocenters. The van der Waals surface area contributed by atoms with E-state index >= 15 is 0 Å². The topological polar surface area (TPSA) is 75.1 Å². The van der Waals surface area contributed by atoms with Gasteiger partial charge in [-0.25, -0.2) is 4.79 Å². The van der Waals surface area contributed by atoms with Crippen LogP contribution in [0.4, 0.5) is 18.9 Å². The molecule has 0 aliphatic carbocycles. The zero-order valence-electron chi connectivity index (χ0n) is 12.1. The van der Waals surface area contributed by atoms with Gasteiger partial charge in [-0.1, -0.05) is 6.07 Å². The number of nitrogens with one attached hydrogen (secondary N) is 2. The first kappa shape index (κ1) is 15.9. The molecule has 3 aromatic rings. The molecule has 2 aromatic carbocycles. The highest BCUT2D eigenvalue weighted by molar-refractivity contribution is 5.92. The second-order valence-corrected chi connectivity index (χ2v) is 5.15. The summed E-state index contributed by atoms with van der Waals surface area (Å²) in [6.45, 7) is 0. The molecule has 2 N–H and O–H groups in total. The molecule has 0 spiro atoms. The highest BCUT2D eigenvalue weighted by Gasteiger charge is 2.29. The molecule has 124 valence electrons. The summed E-state index contributed by atoms with van der Waals surface area (Å²) in [4.78, 5) is 25.5. The average molecular weight is 336 g/mol. The Hall–Kier alpha value is -3.03. The van der Waals surface area contributed by atoms with Crippen LogP contribution in [0.5, 0.6) is 0 Å². The number of rotatable bonds is 3. The summed E-state index contributed by atoms with van der Waals surface area (Å²) in [5, 5.41) is 2.52. The van der Waals surface area contributed by atoms with Crippen molar-refractivity contribution in [2.45, 2.75) is 12.6 Å². The van der Waals surface area contributed by atoms with Crippen LogP contribution in [0.15, 0.2) is 51.7 Å². The summed E-state index contributed by atoms with van der Waals surface area (Å²) >= 11 is 0. The lowest BCUT2D eigenvalue weighted by Gasteiger charge is -2.09. The molecular weight excluding hydrogens is 325 g/mol. The number of carbonyl (C=O) groups is 1. The number of carbonyl (C=O) groups excluding carboxylic acids is 1. The number of hydrogen-bond donors (Lipinski definition) is 2. The minimum Gasteiger partial charge on any atom is -0.408 e. The third kappa shape index (κ3) is 3.48. The maximum Gasteiger partial charge on any atom is 0.417 e. The number of benzene rings is 2. The average Bonchev–Trinajstić information content (AvgIpc) is 2.86. The summed E-state index contributed by atoms with van der Waals surface area (Å²) in [5.41, 5.74) is 0.969. The van der Waals surface area contributed by atoms with E-state index < -0.39 is 17.5 Å². The fourth-order valence-corrected chi connectivity index (χ4v) is 2.24. The van der Waals surface area contributed by atoms with Crippen LogP contribution in [-0.2, 0) is 17.4 Å². The Labute approximate surface area is 133 Å². The van der Waals surface area contributed by atoms with Crippen LogP contribution in [0.1, 0.15) is 11.1 Å². The van der Waals surface area contributed by atoms with Crippen LogP contribution in [-0.4, -0.2) is 10.9 Å². The SMILES string of the molecule is O=C(Cc1ccc2oc(=O)[nH]c2c1)Nc1ccc(C(F)(F)F)cc1. The van der Waals surface area contributed by atoms with Crippen molar-refractivity contribution in [3.05, 3.63) is 64.1 Å². The Bertz CT molecular complexity index is 940. The van der Waals surface area contributed by atoms with Crippen LogP contribution >= 0.6 is 0 Å². The van der Waals surface area contributed by atoms with E-state index in [1.807, 2.05) is 0 Å². The van der Waals surface area contributed by atoms with E-state index in [0.29, 0.717) is 16.7 Å². The number of alkyl halides is 3. The number of fused-ring (bicyclic) bond motifs is 1. The first-order valence-corrected chi connectivity index (χ1v) is 6.90. The van der Waals surface area contributed by atoms with Crippen molar-refractivity contribution in [2.24, 2.45) is 0 Å². The van der Waals surface area contributed by atoms with Crippen molar-refractivity contribution in [2.75, 3.05) is 5.32 Å². The van der Waals surface area contributed by atoms with Gasteiger partial charge in [0.15, 0.2) is 5.58 Å². The van der Waals surface area contributed by atoms with Crippen molar-refractivity contribution in [1.29, 1.82) is 0 Å². The number of oxazole rings is 1. The fraction of sp³-hybridized carbons (Fsp3) is 0.125. The minimum atomic E-state index is -4.42. The smallest absolute Gasteiger partial charge is 0.408 e. The molecule has 1 amide bonds. The first-order valence-electron chi connectivity index (χ1n) is 6.90. The van der Waals surface area contributed by atoms with Gasteiger partial charge in [0.25, 0.3) is 0 Å². The standard InChI is InChI=1S/C16H11F3N2O3/c17-16(18,19)10-2-4-11(5-3-10)20-14(22)8-9-1-6-13-12(7-9)21-15(23)24-13/h1-7H,8H2,(H,20,22)(H,21,23). The highest BCUT2D eigenvalue weighted by atomic mass is 19.4. The predicted molar refractivity (Wildman–Crippen MR) is 80.6 cm³/mol. The summed E-state index contributed by atoms with van der Waals surface area (Å²) in [6, 6.07) is 8.98. The van der Waals surface area contributed by atoms with Gasteiger partial charge < -0.3 is 9.73 Å². The van der Waals surface area contributed by atoms with Crippen molar-refractivity contribution in [3.63, 3.8) is 0 Å². The number of aromatic nitrogens is 1. The van der Waals surface area contributed by atoms with Crippen molar-refractivity contribution < 1.29 is 22.4 Å². The van der Waals surface area contributed by atoms with E-state index in [2.05, 4.69) is 10.3 Å². The van der Waals surface area contributed by atoms with Gasteiger partial charge in [-0.15, -0.1) is 0 Å². The maximum absolute atomic E-state index is 12.5. The van der Waals surface area contributed by atoms with Crippen LogP contribution in [0, 0.1) is 0 Å². The summed E-state index contributed by atoms with van der Waals surface area (Å²) in [5.74, 6) is -0.976. The van der Waals surface area contributed by atoms with Gasteiger partial charge in [0.05, 0.1) is 17.5 Å². The molecule has 0 saturated heterocycles. The van der Waals surface area contributed by atoms with E-state index in [9.17, 15) is 22.8 Å². The lowest BCUT2D eigenvalue weighted by atomic mass is 10.1. The van der Waals surface area contributed by atoms with Crippen molar-refractivity contribution in [1.82, 2.24) is 4.98 Å². The van der Waals surface area contributed by atoms with E-state index in [1.54, 1.807) is 18.2 Å². The first-order chi connectivity index (χ1) is 11.3. The zero-order valence-corrected chi connectivity index (χ0v) is 12.1. The minimum absolute atomic E-state index is 0.00414. The van der Waals surface area contributed by atoms with Gasteiger partial charge in [0.1, 0.15) is 0 Å². The maximum atomic E-state index is 12.5. The molecule has 0 unspecified atom stereocenters. The molecule has 1 aromatic heterocycles. The summed E-state index contributed by atoms with van der Waals surface area (Å²) < 4.78 is 42.3. The molecule has 0 fully saturated rings. The number of amides is 1. The highest BCUT2D eigenvalue weighted by Crippen LogP contribution is 2.29. The largest absolute Gasteiger partial charge is 0.417 e. The van der Waals surface area contributed by atoms with Crippen LogP contribution in [0.2, 0.25) is 0 Å². The lowest BCUT2D eigenvalue weighted by Crippen LogP contribution is -2.14. The number of halogens is 3. The zero-order chi connectivity index (χ0) is 17.3. The van der Waals surface area contributed by atoms with Crippen LogP contribution < -0.4 is 11.1 Å². The molecule has 8 heteroatoms. The van der Waals surface area contributed by atoms with Crippen LogP contribution in [0.3, 0.4) is 0 Å². The third-order valence-corrected chi connectivity index (χ3v) is 3.34.